The summed E-state index contributed by atoms with van der Waals surface area (Å²) in [6, 6.07) is 9.05. The molecular weight excluding hydrogens is 483 g/mol. The molecule has 0 amide bonds. The van der Waals surface area contributed by atoms with Crippen molar-refractivity contribution in [1.29, 1.82) is 0 Å². The van der Waals surface area contributed by atoms with Gasteiger partial charge in [-0.05, 0) is 24.3 Å². The van der Waals surface area contributed by atoms with Gasteiger partial charge in [0.15, 0.2) is 5.43 Å². The number of nitrogens with zero attached hydrogens (tertiary/aromatic N) is 10. The molecule has 17 heteroatoms. The van der Waals surface area contributed by atoms with E-state index in [0.717, 1.165) is 0 Å². The van der Waals surface area contributed by atoms with Crippen LogP contribution in [-0.4, -0.2) is 40.5 Å². The molecule has 2 aliphatic rings. The van der Waals surface area contributed by atoms with Crippen molar-refractivity contribution in [2.75, 3.05) is 0 Å². The number of hydrogen-bond donors (Lipinski definition) is 0. The maximum absolute atomic E-state index is 11.1. The van der Waals surface area contributed by atoms with Crippen LogP contribution in [0, 0.1) is 0 Å². The van der Waals surface area contributed by atoms with Crippen LogP contribution in [-0.2, 0) is 33.5 Å². The second-order valence-electron chi connectivity index (χ2n) is 5.64. The van der Waals surface area contributed by atoms with E-state index in [4.69, 9.17) is 0 Å². The zero-order chi connectivity index (χ0) is 19.1. The van der Waals surface area contributed by atoms with Gasteiger partial charge < -0.3 is 41.6 Å². The third kappa shape index (κ3) is 5.21. The number of aromatic nitrogens is 10. The Morgan fingerprint density at radius 1 is 0.939 bits per heavy atom. The molecular formula is C16H19MnN10O6+3. The number of hydrogen-bond acceptors (Lipinski definition) is 8. The van der Waals surface area contributed by atoms with E-state index >= 15 is 0 Å². The maximum Gasteiger partial charge on any atom is 2.00 e. The quantitative estimate of drug-likeness (QED) is 0.108. The van der Waals surface area contributed by atoms with Crippen LogP contribution in [0.15, 0.2) is 53.8 Å². The summed E-state index contributed by atoms with van der Waals surface area (Å²) in [5.41, 5.74) is 2.42. The Morgan fingerprint density at radius 2 is 1.73 bits per heavy atom. The van der Waals surface area contributed by atoms with Gasteiger partial charge in [0.1, 0.15) is 23.1 Å². The number of fused-ring (bicyclic) bond motifs is 6. The minimum atomic E-state index is -0.0812. The summed E-state index contributed by atoms with van der Waals surface area (Å²) >= 11 is 0. The van der Waals surface area contributed by atoms with Crippen LogP contribution in [0.4, 0.5) is 0 Å². The van der Waals surface area contributed by atoms with E-state index in [0.29, 0.717) is 34.0 Å². The van der Waals surface area contributed by atoms with Gasteiger partial charge in [0, 0.05) is 18.1 Å². The Hall–Kier alpha value is -4.12. The van der Waals surface area contributed by atoms with Crippen LogP contribution in [0.25, 0.3) is 34.0 Å². The molecule has 4 aromatic rings. The molecule has 1 aromatic carbocycles. The van der Waals surface area contributed by atoms with Crippen LogP contribution in [0.2, 0.25) is 0 Å². The van der Waals surface area contributed by atoms with Gasteiger partial charge in [0.2, 0.25) is 0 Å². The molecule has 16 nitrogen and oxygen atoms in total. The van der Waals surface area contributed by atoms with Crippen LogP contribution in [0.1, 0.15) is 0 Å². The third-order valence-corrected chi connectivity index (χ3v) is 3.90. The van der Waals surface area contributed by atoms with Gasteiger partial charge in [-0.2, -0.15) is 4.52 Å². The number of benzene rings is 2. The average Bonchev–Trinajstić information content (AvgIpc) is 3.38. The summed E-state index contributed by atoms with van der Waals surface area (Å²) in [6.07, 6.45) is 2.75. The molecule has 1 radical (unpaired) electrons. The molecule has 4 heterocycles. The Balaban J connectivity index is 0.000000539. The van der Waals surface area contributed by atoms with Crippen molar-refractivity contribution < 1.29 is 48.6 Å². The molecule has 6 rings (SSSR count). The minimum absolute atomic E-state index is 0. The predicted octanol–water partition coefficient (Wildman–Crippen LogP) is -5.25. The zero-order valence-corrected chi connectivity index (χ0v) is 17.7. The first-order chi connectivity index (χ1) is 13.7. The van der Waals surface area contributed by atoms with E-state index in [-0.39, 0.29) is 50.2 Å². The molecule has 0 saturated heterocycles. The molecule has 0 spiro atoms. The van der Waals surface area contributed by atoms with Crippen LogP contribution in [0.3, 0.4) is 0 Å². The van der Waals surface area contributed by atoms with Crippen molar-refractivity contribution in [2.45, 2.75) is 0 Å². The van der Waals surface area contributed by atoms with Crippen molar-refractivity contribution in [2.24, 2.45) is 0 Å². The van der Waals surface area contributed by atoms with Crippen LogP contribution in [0.5, 0.6) is 5.75 Å². The van der Waals surface area contributed by atoms with Crippen molar-refractivity contribution in [1.82, 2.24) is 45.1 Å². The van der Waals surface area contributed by atoms with Crippen molar-refractivity contribution in [3.63, 3.8) is 0 Å². The van der Waals surface area contributed by atoms with Gasteiger partial charge >= 0.3 is 22.8 Å². The van der Waals surface area contributed by atoms with Gasteiger partial charge in [0.05, 0.1) is 10.8 Å². The topological polar surface area (TPSA) is 285 Å². The molecule has 0 saturated carbocycles. The molecule has 173 valence electrons. The van der Waals surface area contributed by atoms with Crippen molar-refractivity contribution in [3.8, 4) is 17.1 Å². The molecule has 0 bridgehead atoms. The Morgan fingerprint density at radius 3 is 2.52 bits per heavy atom. The van der Waals surface area contributed by atoms with Crippen LogP contribution < -0.4 is 25.1 Å². The molecule has 0 atom stereocenters. The van der Waals surface area contributed by atoms with Gasteiger partial charge in [-0.15, -0.1) is 5.75 Å². The van der Waals surface area contributed by atoms with Gasteiger partial charge in [-0.1, -0.05) is 16.1 Å². The van der Waals surface area contributed by atoms with E-state index in [2.05, 4.69) is 40.6 Å². The fourth-order valence-electron chi connectivity index (χ4n) is 2.66. The molecule has 33 heavy (non-hydrogen) atoms. The van der Waals surface area contributed by atoms with Gasteiger partial charge in [-0.25, -0.2) is 10.2 Å². The van der Waals surface area contributed by atoms with E-state index in [1.807, 2.05) is 0 Å². The first-order valence-electron chi connectivity index (χ1n) is 7.95. The SMILES string of the molecule is O.O=c1ccc2nnc3[n-]cnn3c-2c1.[Mn+2].[O-]c1ccc2nnc3nc[n-][n+]3c2c1.[OH3+].[OH3+].[OH3+]. The monoisotopic (exact) mass is 502 g/mol. The first kappa shape index (κ1) is 28.9. The Kier molecular flexibility index (Phi) is 10.1. The Labute approximate surface area is 193 Å². The Bertz CT molecular complexity index is 1490. The van der Waals surface area contributed by atoms with Crippen LogP contribution >= 0.6 is 0 Å². The van der Waals surface area contributed by atoms with E-state index in [1.54, 1.807) is 12.1 Å². The van der Waals surface area contributed by atoms with Gasteiger partial charge in [0.25, 0.3) is 0 Å². The summed E-state index contributed by atoms with van der Waals surface area (Å²) in [7, 11) is 0. The summed E-state index contributed by atoms with van der Waals surface area (Å²) in [6.45, 7) is 0. The van der Waals surface area contributed by atoms with E-state index in [1.165, 1.54) is 46.0 Å². The second kappa shape index (κ2) is 11.5. The van der Waals surface area contributed by atoms with Gasteiger partial charge in [-0.3, -0.25) is 9.89 Å². The zero-order valence-electron chi connectivity index (χ0n) is 16.5. The molecule has 1 aliphatic carbocycles. The number of rotatable bonds is 0. The summed E-state index contributed by atoms with van der Waals surface area (Å²) < 4.78 is 2.98. The molecule has 3 aromatic heterocycles. The molecule has 0 unspecified atom stereocenters. The summed E-state index contributed by atoms with van der Waals surface area (Å²) in [5, 5.41) is 34.5. The van der Waals surface area contributed by atoms with Crippen molar-refractivity contribution in [3.05, 3.63) is 59.3 Å². The standard InChI is InChI=1S/2C8H5N5O.Mn.4H2O/c2*14-5-1-2-6-7(3-5)13-8(12-11-6)9-4-10-13;;;;;/h1-4H,(H,9,10,12,14);1-4,14H;;4*1H2/q;;+2;;;;/p+1. The minimum Gasteiger partial charge on any atom is -0.872 e. The molecule has 0 fully saturated rings. The smallest absolute Gasteiger partial charge is 0.872 e. The normalized spacial score (nSPS) is 9.45. The second-order valence-corrected chi connectivity index (χ2v) is 5.64. The van der Waals surface area contributed by atoms with Crippen molar-refractivity contribution >= 4 is 22.6 Å². The molecule has 11 N–H and O–H groups in total. The fraction of sp³-hybridized carbons (Fsp3) is 0. The fourth-order valence-corrected chi connectivity index (χ4v) is 2.66. The van der Waals surface area contributed by atoms with E-state index < -0.39 is 0 Å². The predicted molar refractivity (Wildman–Crippen MR) is 108 cm³/mol. The van der Waals surface area contributed by atoms with E-state index in [9.17, 15) is 9.90 Å². The largest absolute Gasteiger partial charge is 2.00 e. The average molecular weight is 502 g/mol. The summed E-state index contributed by atoms with van der Waals surface area (Å²) in [5.74, 6) is 0.702. The first-order valence-corrected chi connectivity index (χ1v) is 7.95. The summed E-state index contributed by atoms with van der Waals surface area (Å²) in [4.78, 5) is 18.9. The molecule has 1 aliphatic heterocycles. The maximum atomic E-state index is 11.1. The third-order valence-electron chi connectivity index (χ3n) is 3.90.